The molecule has 2 aliphatic rings. The van der Waals surface area contributed by atoms with Gasteiger partial charge in [0.05, 0.1) is 18.8 Å². The van der Waals surface area contributed by atoms with Gasteiger partial charge in [-0.25, -0.2) is 4.79 Å². The van der Waals surface area contributed by atoms with E-state index in [1.807, 2.05) is 6.26 Å². The van der Waals surface area contributed by atoms with Gasteiger partial charge in [0.15, 0.2) is 5.82 Å². The van der Waals surface area contributed by atoms with E-state index >= 15 is 0 Å². The number of ether oxygens (including phenoxy) is 1. The summed E-state index contributed by atoms with van der Waals surface area (Å²) in [5, 5.41) is 6.73. The molecule has 2 fully saturated rings. The summed E-state index contributed by atoms with van der Waals surface area (Å²) in [6.45, 7) is 3.12. The Kier molecular flexibility index (Phi) is 4.34. The quantitative estimate of drug-likeness (QED) is 0.900. The van der Waals surface area contributed by atoms with E-state index in [4.69, 9.17) is 9.26 Å². The van der Waals surface area contributed by atoms with Gasteiger partial charge in [0.1, 0.15) is 5.60 Å². The van der Waals surface area contributed by atoms with Crippen LogP contribution in [0.2, 0.25) is 0 Å². The third kappa shape index (κ3) is 3.49. The number of nitrogens with zero attached hydrogens (tertiary/aromatic N) is 3. The first-order valence-corrected chi connectivity index (χ1v) is 8.58. The molecule has 2 saturated heterocycles. The third-order valence-electron chi connectivity index (χ3n) is 4.00. The van der Waals surface area contributed by atoms with E-state index in [9.17, 15) is 4.79 Å². The summed E-state index contributed by atoms with van der Waals surface area (Å²) in [6.07, 6.45) is 4.48. The molecule has 1 aromatic heterocycles. The lowest BCUT2D eigenvalue weighted by Gasteiger charge is -2.24. The number of carbonyl (C=O) groups is 1. The van der Waals surface area contributed by atoms with Crippen LogP contribution >= 0.6 is 11.8 Å². The van der Waals surface area contributed by atoms with Crippen molar-refractivity contribution in [3.8, 4) is 0 Å². The maximum Gasteiger partial charge on any atom is 0.407 e. The van der Waals surface area contributed by atoms with Crippen LogP contribution in [0.1, 0.15) is 31.0 Å². The second-order valence-electron chi connectivity index (χ2n) is 5.59. The summed E-state index contributed by atoms with van der Waals surface area (Å²) in [4.78, 5) is 18.0. The van der Waals surface area contributed by atoms with Crippen molar-refractivity contribution in [2.24, 2.45) is 0 Å². The van der Waals surface area contributed by atoms with Gasteiger partial charge in [0.25, 0.3) is 0 Å². The number of hydrogen-bond acceptors (Lipinski definition) is 7. The fourth-order valence-corrected chi connectivity index (χ4v) is 3.27. The molecule has 1 unspecified atom stereocenters. The molecule has 8 heteroatoms. The molecule has 21 heavy (non-hydrogen) atoms. The van der Waals surface area contributed by atoms with Crippen LogP contribution in [0.15, 0.2) is 4.52 Å². The molecule has 1 N–H and O–H groups in total. The number of carbonyl (C=O) groups excluding carboxylic acids is 1. The smallest absolute Gasteiger partial charge is 0.407 e. The zero-order valence-electron chi connectivity index (χ0n) is 12.1. The molecule has 0 aliphatic carbocycles. The van der Waals surface area contributed by atoms with Crippen molar-refractivity contribution in [2.45, 2.75) is 37.2 Å². The average molecular weight is 312 g/mol. The molecule has 1 amide bonds. The molecule has 3 rings (SSSR count). The van der Waals surface area contributed by atoms with Gasteiger partial charge < -0.3 is 14.6 Å². The fraction of sp³-hybridized carbons (Fsp3) is 0.769. The zero-order chi connectivity index (χ0) is 14.7. The van der Waals surface area contributed by atoms with Crippen LogP contribution in [0.4, 0.5) is 4.79 Å². The number of alkyl carbamates (subject to hydrolysis) is 1. The summed E-state index contributed by atoms with van der Waals surface area (Å²) in [5.41, 5.74) is -0.315. The van der Waals surface area contributed by atoms with Gasteiger partial charge in [-0.2, -0.15) is 16.7 Å². The average Bonchev–Trinajstić information content (AvgIpc) is 2.98. The summed E-state index contributed by atoms with van der Waals surface area (Å²) in [7, 11) is 0. The Morgan fingerprint density at radius 3 is 3.10 bits per heavy atom. The Hall–Kier alpha value is -1.28. The molecule has 1 aromatic rings. The van der Waals surface area contributed by atoms with E-state index in [0.29, 0.717) is 19.0 Å². The minimum atomic E-state index is -0.315. The largest absolute Gasteiger partial charge is 0.441 e. The van der Waals surface area contributed by atoms with Gasteiger partial charge in [-0.05, 0) is 25.6 Å². The molecule has 116 valence electrons. The molecular weight excluding hydrogens is 292 g/mol. The molecular formula is C13H20N4O3S. The van der Waals surface area contributed by atoms with Crippen LogP contribution in [0, 0.1) is 0 Å². The van der Waals surface area contributed by atoms with Gasteiger partial charge in [-0.1, -0.05) is 5.16 Å². The minimum absolute atomic E-state index is 0.290. The highest BCUT2D eigenvalue weighted by molar-refractivity contribution is 7.97. The molecule has 2 aliphatic heterocycles. The number of amides is 1. The van der Waals surface area contributed by atoms with Gasteiger partial charge in [-0.3, -0.25) is 4.90 Å². The van der Waals surface area contributed by atoms with Crippen LogP contribution < -0.4 is 5.32 Å². The van der Waals surface area contributed by atoms with Crippen LogP contribution in [-0.2, 0) is 17.0 Å². The normalized spacial score (nSPS) is 26.6. The molecule has 3 heterocycles. The van der Waals surface area contributed by atoms with E-state index in [-0.39, 0.29) is 11.7 Å². The highest BCUT2D eigenvalue weighted by Crippen LogP contribution is 2.29. The van der Waals surface area contributed by atoms with Crippen molar-refractivity contribution >= 4 is 17.9 Å². The summed E-state index contributed by atoms with van der Waals surface area (Å²) >= 11 is 1.68. The number of likely N-dealkylation sites (tertiary alicyclic amines) is 1. The summed E-state index contributed by atoms with van der Waals surface area (Å²) < 4.78 is 10.8. The Bertz CT molecular complexity index is 509. The molecule has 0 bridgehead atoms. The predicted octanol–water partition coefficient (Wildman–Crippen LogP) is 1.40. The highest BCUT2D eigenvalue weighted by Gasteiger charge is 2.41. The van der Waals surface area contributed by atoms with Crippen molar-refractivity contribution in [1.29, 1.82) is 0 Å². The number of thioether (sulfide) groups is 1. The van der Waals surface area contributed by atoms with E-state index in [1.54, 1.807) is 11.8 Å². The zero-order valence-corrected chi connectivity index (χ0v) is 12.9. The van der Waals surface area contributed by atoms with Gasteiger partial charge in [0, 0.05) is 13.0 Å². The van der Waals surface area contributed by atoms with Crippen molar-refractivity contribution < 1.29 is 14.1 Å². The second kappa shape index (κ2) is 6.23. The minimum Gasteiger partial charge on any atom is -0.441 e. The van der Waals surface area contributed by atoms with E-state index in [1.165, 1.54) is 0 Å². The SMILES string of the molecule is CSCc1noc(CN2CCCC3(CC2)CNC(=O)O3)n1. The van der Waals surface area contributed by atoms with Gasteiger partial charge in [0.2, 0.25) is 5.89 Å². The lowest BCUT2D eigenvalue weighted by molar-refractivity contribution is 0.0440. The molecule has 1 spiro atoms. The first-order valence-electron chi connectivity index (χ1n) is 7.19. The monoisotopic (exact) mass is 312 g/mol. The third-order valence-corrected chi connectivity index (χ3v) is 4.54. The number of nitrogens with one attached hydrogen (secondary N) is 1. The fourth-order valence-electron chi connectivity index (χ4n) is 2.90. The highest BCUT2D eigenvalue weighted by atomic mass is 32.2. The second-order valence-corrected chi connectivity index (χ2v) is 6.46. The van der Waals surface area contributed by atoms with Crippen LogP contribution in [0.5, 0.6) is 0 Å². The van der Waals surface area contributed by atoms with Crippen molar-refractivity contribution in [3.05, 3.63) is 11.7 Å². The molecule has 7 nitrogen and oxygen atoms in total. The summed E-state index contributed by atoms with van der Waals surface area (Å²) in [6, 6.07) is 0. The maximum atomic E-state index is 11.3. The Morgan fingerprint density at radius 1 is 1.43 bits per heavy atom. The number of rotatable bonds is 4. The van der Waals surface area contributed by atoms with Gasteiger partial charge in [-0.15, -0.1) is 0 Å². The molecule has 0 radical (unpaired) electrons. The number of hydrogen-bond donors (Lipinski definition) is 1. The summed E-state index contributed by atoms with van der Waals surface area (Å²) in [5.74, 6) is 2.18. The topological polar surface area (TPSA) is 80.5 Å². The first kappa shape index (κ1) is 14.6. The lowest BCUT2D eigenvalue weighted by Crippen LogP contribution is -2.34. The van der Waals surface area contributed by atoms with Crippen LogP contribution in [-0.4, -0.2) is 52.6 Å². The maximum absolute atomic E-state index is 11.3. The van der Waals surface area contributed by atoms with Crippen molar-refractivity contribution in [1.82, 2.24) is 20.4 Å². The van der Waals surface area contributed by atoms with E-state index < -0.39 is 0 Å². The van der Waals surface area contributed by atoms with E-state index in [0.717, 1.165) is 43.9 Å². The van der Waals surface area contributed by atoms with Gasteiger partial charge >= 0.3 is 6.09 Å². The Labute approximate surface area is 127 Å². The predicted molar refractivity (Wildman–Crippen MR) is 77.9 cm³/mol. The van der Waals surface area contributed by atoms with Crippen LogP contribution in [0.25, 0.3) is 0 Å². The first-order chi connectivity index (χ1) is 10.2. The standard InChI is InChI=1S/C13H20N4O3S/c1-21-8-10-15-11(20-16-10)7-17-5-2-3-13(4-6-17)9-14-12(18)19-13/h2-9H2,1H3,(H,14,18). The Balaban J connectivity index is 1.56. The Morgan fingerprint density at radius 2 is 2.33 bits per heavy atom. The van der Waals surface area contributed by atoms with Crippen molar-refractivity contribution in [2.75, 3.05) is 25.9 Å². The van der Waals surface area contributed by atoms with E-state index in [2.05, 4.69) is 20.4 Å². The lowest BCUT2D eigenvalue weighted by atomic mass is 9.95. The number of aromatic nitrogens is 2. The molecule has 1 atom stereocenters. The van der Waals surface area contributed by atoms with Crippen molar-refractivity contribution in [3.63, 3.8) is 0 Å². The van der Waals surface area contributed by atoms with Crippen LogP contribution in [0.3, 0.4) is 0 Å². The molecule has 0 aromatic carbocycles. The molecule has 0 saturated carbocycles.